The topological polar surface area (TPSA) is 278 Å². The fourth-order valence-corrected chi connectivity index (χ4v) is 4.07. The fraction of sp³-hybridized carbons (Fsp3) is 1.00. The molecule has 0 saturated carbocycles. The zero-order valence-electron chi connectivity index (χ0n) is 18.2. The van der Waals surface area contributed by atoms with Crippen molar-refractivity contribution in [2.24, 2.45) is 0 Å². The van der Waals surface area contributed by atoms with Crippen LogP contribution in [-0.2, 0) is 28.6 Å². The van der Waals surface area contributed by atoms with Gasteiger partial charge in [-0.15, -0.1) is 0 Å². The van der Waals surface area contributed by atoms with Gasteiger partial charge in [0.1, 0.15) is 73.2 Å². The number of ether oxygens (including phenoxy) is 5. The number of aliphatic hydroxyl groups is 10. The summed E-state index contributed by atoms with van der Waals surface area (Å²) in [6.45, 7) is -2.12. The predicted octanol–water partition coefficient (Wildman–Crippen LogP) is -7.08. The summed E-state index contributed by atoms with van der Waals surface area (Å²) in [6, 6.07) is 0. The van der Waals surface area contributed by atoms with Crippen LogP contribution in [0.3, 0.4) is 0 Å². The average molecular weight is 520 g/mol. The lowest BCUT2D eigenvalue weighted by atomic mass is 9.97. The molecule has 0 radical (unpaired) electrons. The lowest BCUT2D eigenvalue weighted by Crippen LogP contribution is -2.65. The highest BCUT2D eigenvalue weighted by Crippen LogP contribution is 2.30. The van der Waals surface area contributed by atoms with Crippen molar-refractivity contribution >= 4 is 0 Å². The Bertz CT molecular complexity index is 653. The van der Waals surface area contributed by atoms with Crippen molar-refractivity contribution < 1.29 is 84.9 Å². The Kier molecular flexibility index (Phi) is 10.1. The van der Waals surface area contributed by atoms with E-state index in [1.807, 2.05) is 0 Å². The van der Waals surface area contributed by atoms with Crippen LogP contribution in [0.4, 0.5) is 0 Å². The molecule has 0 amide bonds. The summed E-state index contributed by atoms with van der Waals surface area (Å²) < 4.78 is 26.4. The lowest BCUT2D eigenvalue weighted by molar-refractivity contribution is -0.397. The minimum atomic E-state index is -1.90. The monoisotopic (exact) mass is 520 g/mol. The van der Waals surface area contributed by atoms with Crippen LogP contribution in [0, 0.1) is 0 Å². The molecule has 0 bridgehead atoms. The van der Waals surface area contributed by atoms with Crippen molar-refractivity contribution in [1.29, 1.82) is 0 Å². The van der Waals surface area contributed by atoms with E-state index in [9.17, 15) is 56.3 Å². The second-order valence-corrected chi connectivity index (χ2v) is 8.45. The highest BCUT2D eigenvalue weighted by Gasteiger charge is 2.52. The maximum absolute atomic E-state index is 10.4. The molecule has 15 atom stereocenters. The third-order valence-electron chi connectivity index (χ3n) is 6.17. The first-order valence-corrected chi connectivity index (χ1v) is 10.8. The molecule has 17 nitrogen and oxygen atoms in total. The number of aliphatic hydroxyl groups excluding tert-OH is 10. The van der Waals surface area contributed by atoms with E-state index in [0.717, 1.165) is 0 Å². The quantitative estimate of drug-likeness (QED) is 0.105. The molecule has 0 aliphatic carbocycles. The zero-order chi connectivity index (χ0) is 26.0. The van der Waals surface area contributed by atoms with Crippen LogP contribution in [0.5, 0.6) is 0 Å². The van der Waals surface area contributed by atoms with Gasteiger partial charge in [0.05, 0.1) is 19.8 Å². The van der Waals surface area contributed by atoms with Crippen LogP contribution in [-0.4, -0.2) is 168 Å². The first-order valence-electron chi connectivity index (χ1n) is 10.8. The Morgan fingerprint density at radius 1 is 0.543 bits per heavy atom. The van der Waals surface area contributed by atoms with E-state index in [0.29, 0.717) is 0 Å². The van der Waals surface area contributed by atoms with Gasteiger partial charge in [-0.1, -0.05) is 0 Å². The van der Waals surface area contributed by atoms with Crippen molar-refractivity contribution in [2.75, 3.05) is 19.8 Å². The Hall–Kier alpha value is -0.680. The molecule has 206 valence electrons. The standard InChI is InChI=1S/C18H32O17/c19-1-4-7(21)8(22)12(26)17(32-4)30-3-6-15(35-29)10(24)13(27)18(33-6)34-14-5(2-20)31-16(28)11(25)9(14)23/h4-29H,1-3H2/t4?,5?,6?,7-,8-,9?,10+,11?,12?,13?,14?,15?,16?,17?,18?/m0/s1. The van der Waals surface area contributed by atoms with E-state index in [1.165, 1.54) is 0 Å². The molecule has 3 saturated heterocycles. The summed E-state index contributed by atoms with van der Waals surface area (Å²) in [5, 5.41) is 108. The summed E-state index contributed by atoms with van der Waals surface area (Å²) in [6.07, 6.45) is -25.0. The Morgan fingerprint density at radius 2 is 1.11 bits per heavy atom. The van der Waals surface area contributed by atoms with Gasteiger partial charge in [0.25, 0.3) is 0 Å². The fourth-order valence-electron chi connectivity index (χ4n) is 4.07. The molecule has 0 aromatic rings. The average Bonchev–Trinajstić information content (AvgIpc) is 2.85. The summed E-state index contributed by atoms with van der Waals surface area (Å²) in [5.41, 5.74) is 0. The maximum Gasteiger partial charge on any atom is 0.187 e. The first-order chi connectivity index (χ1) is 16.5. The van der Waals surface area contributed by atoms with Gasteiger partial charge in [0.2, 0.25) is 0 Å². The molecule has 0 aromatic heterocycles. The molecule has 3 aliphatic rings. The normalized spacial score (nSPS) is 51.3. The molecule has 0 aromatic carbocycles. The van der Waals surface area contributed by atoms with Crippen molar-refractivity contribution in [3.8, 4) is 0 Å². The van der Waals surface area contributed by atoms with E-state index >= 15 is 0 Å². The van der Waals surface area contributed by atoms with E-state index in [2.05, 4.69) is 4.89 Å². The van der Waals surface area contributed by atoms with E-state index < -0.39 is 112 Å². The van der Waals surface area contributed by atoms with E-state index in [4.69, 9.17) is 23.7 Å². The molecule has 3 aliphatic heterocycles. The molecule has 0 spiro atoms. The smallest absolute Gasteiger partial charge is 0.187 e. The minimum absolute atomic E-state index is 0.633. The zero-order valence-corrected chi connectivity index (χ0v) is 18.2. The Labute approximate surface area is 197 Å². The van der Waals surface area contributed by atoms with Gasteiger partial charge in [0.15, 0.2) is 18.9 Å². The molecular weight excluding hydrogens is 488 g/mol. The van der Waals surface area contributed by atoms with Gasteiger partial charge in [0, 0.05) is 0 Å². The third-order valence-corrected chi connectivity index (χ3v) is 6.17. The molecular formula is C18H32O17. The largest absolute Gasteiger partial charge is 0.394 e. The number of hydrogen-bond acceptors (Lipinski definition) is 17. The number of hydrogen-bond donors (Lipinski definition) is 11. The van der Waals surface area contributed by atoms with Crippen molar-refractivity contribution in [1.82, 2.24) is 0 Å². The highest BCUT2D eigenvalue weighted by atomic mass is 17.1. The van der Waals surface area contributed by atoms with Gasteiger partial charge in [-0.3, -0.25) is 5.26 Å². The molecule has 3 heterocycles. The second-order valence-electron chi connectivity index (χ2n) is 8.45. The highest BCUT2D eigenvalue weighted by molar-refractivity contribution is 4.95. The van der Waals surface area contributed by atoms with Gasteiger partial charge in [-0.05, 0) is 0 Å². The summed E-state index contributed by atoms with van der Waals surface area (Å²) in [7, 11) is 0. The van der Waals surface area contributed by atoms with Gasteiger partial charge in [-0.25, -0.2) is 4.89 Å². The van der Waals surface area contributed by atoms with Crippen LogP contribution >= 0.6 is 0 Å². The molecule has 3 rings (SSSR count). The molecule has 35 heavy (non-hydrogen) atoms. The molecule has 11 N–H and O–H groups in total. The third kappa shape index (κ3) is 5.92. The van der Waals surface area contributed by atoms with Crippen LogP contribution in [0.15, 0.2) is 0 Å². The van der Waals surface area contributed by atoms with Gasteiger partial charge in [-0.2, -0.15) is 0 Å². The van der Waals surface area contributed by atoms with Crippen molar-refractivity contribution in [3.63, 3.8) is 0 Å². The van der Waals surface area contributed by atoms with Gasteiger partial charge < -0.3 is 74.7 Å². The Morgan fingerprint density at radius 3 is 1.71 bits per heavy atom. The summed E-state index contributed by atoms with van der Waals surface area (Å²) >= 11 is 0. The molecule has 3 fully saturated rings. The molecule has 17 heteroatoms. The van der Waals surface area contributed by atoms with E-state index in [1.54, 1.807) is 0 Å². The number of rotatable bonds is 8. The van der Waals surface area contributed by atoms with Crippen molar-refractivity contribution in [3.05, 3.63) is 0 Å². The van der Waals surface area contributed by atoms with Crippen LogP contribution < -0.4 is 0 Å². The van der Waals surface area contributed by atoms with Crippen LogP contribution in [0.2, 0.25) is 0 Å². The van der Waals surface area contributed by atoms with Crippen LogP contribution in [0.25, 0.3) is 0 Å². The van der Waals surface area contributed by atoms with Crippen molar-refractivity contribution in [2.45, 2.75) is 92.1 Å². The summed E-state index contributed by atoms with van der Waals surface area (Å²) in [5.74, 6) is 0. The second kappa shape index (κ2) is 12.2. The minimum Gasteiger partial charge on any atom is -0.394 e. The maximum atomic E-state index is 10.4. The predicted molar refractivity (Wildman–Crippen MR) is 103 cm³/mol. The summed E-state index contributed by atoms with van der Waals surface area (Å²) in [4.78, 5) is 4.18. The Balaban J connectivity index is 1.70. The van der Waals surface area contributed by atoms with Crippen LogP contribution in [0.1, 0.15) is 0 Å². The van der Waals surface area contributed by atoms with E-state index in [-0.39, 0.29) is 0 Å². The first kappa shape index (κ1) is 28.9. The van der Waals surface area contributed by atoms with Gasteiger partial charge >= 0.3 is 0 Å². The molecule has 12 unspecified atom stereocenters. The SMILES string of the molecule is OCC1OC(O)C(O)C(O)C1OC1OC(COC2OC(CO)[C@H](O)[C@H](O)C2O)C(OO)[C@H](O)C1O. The lowest BCUT2D eigenvalue weighted by Gasteiger charge is -2.46.